The Hall–Kier alpha value is -2.64. The third-order valence-corrected chi connectivity index (χ3v) is 7.37. The number of nitrogens with zero attached hydrogens (tertiary/aromatic N) is 1. The zero-order chi connectivity index (χ0) is 22.5. The molecule has 1 aliphatic rings. The molecule has 0 radical (unpaired) electrons. The molecule has 4 rings (SSSR count). The topological polar surface area (TPSA) is 77.2 Å². The number of amides is 2. The number of H-pyrrole nitrogens is 1. The molecule has 32 heavy (non-hydrogen) atoms. The minimum absolute atomic E-state index is 0.141. The van der Waals surface area contributed by atoms with E-state index in [4.69, 9.17) is 0 Å². The molecule has 0 bridgehead atoms. The molecule has 3 aromatic rings. The average molecular weight is 453 g/mol. The summed E-state index contributed by atoms with van der Waals surface area (Å²) in [6.45, 7) is 6.40. The molecule has 0 spiro atoms. The molecule has 2 amide bonds. The zero-order valence-electron chi connectivity index (χ0n) is 18.8. The summed E-state index contributed by atoms with van der Waals surface area (Å²) in [7, 11) is 0. The number of nitrogens with one attached hydrogen (secondary N) is 3. The van der Waals surface area contributed by atoms with Crippen LogP contribution in [0.3, 0.4) is 0 Å². The van der Waals surface area contributed by atoms with Crippen LogP contribution in [0.1, 0.15) is 43.2 Å². The minimum atomic E-state index is -0.614. The number of para-hydroxylation sites is 1. The van der Waals surface area contributed by atoms with Crippen molar-refractivity contribution in [1.29, 1.82) is 0 Å². The normalized spacial score (nSPS) is 17.2. The molecule has 1 aliphatic heterocycles. The van der Waals surface area contributed by atoms with Gasteiger partial charge in [0, 0.05) is 41.9 Å². The second-order valence-electron chi connectivity index (χ2n) is 8.81. The van der Waals surface area contributed by atoms with Crippen molar-refractivity contribution in [2.75, 3.05) is 19.6 Å². The summed E-state index contributed by atoms with van der Waals surface area (Å²) in [5, 5.41) is 9.17. The highest BCUT2D eigenvalue weighted by Gasteiger charge is 2.27. The summed E-state index contributed by atoms with van der Waals surface area (Å²) in [6.07, 6.45) is 4.74. The van der Waals surface area contributed by atoms with E-state index in [0.29, 0.717) is 13.0 Å². The monoisotopic (exact) mass is 452 g/mol. The molecule has 0 unspecified atom stereocenters. The Morgan fingerprint density at radius 2 is 1.97 bits per heavy atom. The van der Waals surface area contributed by atoms with Gasteiger partial charge in [-0.05, 0) is 54.9 Å². The largest absolute Gasteiger partial charge is 0.361 e. The Balaban J connectivity index is 1.46. The van der Waals surface area contributed by atoms with Crippen molar-refractivity contribution >= 4 is 34.1 Å². The Labute approximate surface area is 193 Å². The van der Waals surface area contributed by atoms with Gasteiger partial charge in [0.1, 0.15) is 6.04 Å². The van der Waals surface area contributed by atoms with Crippen LogP contribution in [0.2, 0.25) is 0 Å². The molecule has 0 saturated carbocycles. The first-order chi connectivity index (χ1) is 15.5. The average Bonchev–Trinajstić information content (AvgIpc) is 3.45. The van der Waals surface area contributed by atoms with Gasteiger partial charge in [0.15, 0.2) is 0 Å². The number of benzene rings is 1. The molecule has 7 heteroatoms. The maximum Gasteiger partial charge on any atom is 0.242 e. The van der Waals surface area contributed by atoms with Crippen molar-refractivity contribution in [2.45, 2.75) is 45.2 Å². The van der Waals surface area contributed by atoms with Crippen molar-refractivity contribution in [1.82, 2.24) is 20.5 Å². The number of thiophene rings is 1. The molecule has 3 heterocycles. The van der Waals surface area contributed by atoms with E-state index in [9.17, 15) is 9.59 Å². The Kier molecular flexibility index (Phi) is 7.27. The van der Waals surface area contributed by atoms with Crippen molar-refractivity contribution < 1.29 is 9.59 Å². The van der Waals surface area contributed by atoms with Crippen molar-refractivity contribution in [2.24, 2.45) is 5.92 Å². The molecule has 1 fully saturated rings. The summed E-state index contributed by atoms with van der Waals surface area (Å²) in [4.78, 5) is 32.1. The fourth-order valence-electron chi connectivity index (χ4n) is 4.53. The lowest BCUT2D eigenvalue weighted by Crippen LogP contribution is -2.49. The number of piperidine rings is 1. The number of aromatic amines is 1. The van der Waals surface area contributed by atoms with Crippen molar-refractivity contribution in [3.8, 4) is 0 Å². The second-order valence-corrected chi connectivity index (χ2v) is 9.79. The highest BCUT2D eigenvalue weighted by Crippen LogP contribution is 2.29. The van der Waals surface area contributed by atoms with E-state index in [1.54, 1.807) is 11.3 Å². The van der Waals surface area contributed by atoms with Crippen LogP contribution in [0.4, 0.5) is 0 Å². The standard InChI is InChI=1S/C25H32N4O2S/c1-17-9-11-29(12-10-17)23(24-8-5-13-32-24)16-27-25(31)22(28-18(2)30)14-19-15-26-21-7-4-3-6-20(19)21/h3-8,13,15,17,22-23,26H,9-12,14,16H2,1-2H3,(H,27,31)(H,28,30)/t22-,23+/m0/s1. The smallest absolute Gasteiger partial charge is 0.242 e. The third-order valence-electron chi connectivity index (χ3n) is 6.39. The van der Waals surface area contributed by atoms with Crippen LogP contribution in [0, 0.1) is 5.92 Å². The lowest BCUT2D eigenvalue weighted by Gasteiger charge is -2.36. The van der Waals surface area contributed by atoms with Gasteiger partial charge in [-0.1, -0.05) is 31.2 Å². The van der Waals surface area contributed by atoms with Crippen LogP contribution in [0.25, 0.3) is 10.9 Å². The first-order valence-corrected chi connectivity index (χ1v) is 12.3. The van der Waals surface area contributed by atoms with E-state index in [-0.39, 0.29) is 17.9 Å². The van der Waals surface area contributed by atoms with Gasteiger partial charge in [0.2, 0.25) is 11.8 Å². The van der Waals surface area contributed by atoms with Gasteiger partial charge in [-0.15, -0.1) is 11.3 Å². The van der Waals surface area contributed by atoms with Crippen LogP contribution in [-0.2, 0) is 16.0 Å². The van der Waals surface area contributed by atoms with Crippen LogP contribution in [-0.4, -0.2) is 47.4 Å². The third kappa shape index (κ3) is 5.40. The quantitative estimate of drug-likeness (QED) is 0.486. The van der Waals surface area contributed by atoms with E-state index in [2.05, 4.69) is 45.0 Å². The zero-order valence-corrected chi connectivity index (χ0v) is 19.6. The number of rotatable bonds is 8. The number of aromatic nitrogens is 1. The maximum absolute atomic E-state index is 13.2. The van der Waals surface area contributed by atoms with Crippen LogP contribution >= 0.6 is 11.3 Å². The predicted octanol–water partition coefficient (Wildman–Crippen LogP) is 3.87. The molecule has 1 aromatic carbocycles. The first-order valence-electron chi connectivity index (χ1n) is 11.4. The number of carbonyl (C=O) groups is 2. The number of carbonyl (C=O) groups excluding carboxylic acids is 2. The Morgan fingerprint density at radius 1 is 1.19 bits per heavy atom. The first kappa shape index (κ1) is 22.6. The van der Waals surface area contributed by atoms with Crippen LogP contribution in [0.5, 0.6) is 0 Å². The van der Waals surface area contributed by atoms with Gasteiger partial charge < -0.3 is 15.6 Å². The fraction of sp³-hybridized carbons (Fsp3) is 0.440. The van der Waals surface area contributed by atoms with Crippen molar-refractivity contribution in [3.05, 3.63) is 58.4 Å². The lowest BCUT2D eigenvalue weighted by molar-refractivity contribution is -0.128. The minimum Gasteiger partial charge on any atom is -0.361 e. The summed E-state index contributed by atoms with van der Waals surface area (Å²) in [6, 6.07) is 11.8. The van der Waals surface area contributed by atoms with Gasteiger partial charge in [-0.3, -0.25) is 14.5 Å². The number of fused-ring (bicyclic) bond motifs is 1. The molecule has 2 atom stereocenters. The SMILES string of the molecule is CC(=O)N[C@@H](Cc1c[nH]c2ccccc12)C(=O)NC[C@H](c1cccs1)N1CCC(C)CC1. The molecule has 1 saturated heterocycles. The Bertz CT molecular complexity index is 1040. The number of hydrogen-bond acceptors (Lipinski definition) is 4. The van der Waals surface area contributed by atoms with Gasteiger partial charge in [-0.25, -0.2) is 0 Å². The van der Waals surface area contributed by atoms with Crippen LogP contribution in [0.15, 0.2) is 48.0 Å². The van der Waals surface area contributed by atoms with Crippen molar-refractivity contribution in [3.63, 3.8) is 0 Å². The number of likely N-dealkylation sites (tertiary alicyclic amines) is 1. The Morgan fingerprint density at radius 3 is 2.69 bits per heavy atom. The highest BCUT2D eigenvalue weighted by molar-refractivity contribution is 7.10. The fourth-order valence-corrected chi connectivity index (χ4v) is 5.39. The highest BCUT2D eigenvalue weighted by atomic mass is 32.1. The second kappa shape index (κ2) is 10.3. The van der Waals surface area contributed by atoms with E-state index >= 15 is 0 Å². The summed E-state index contributed by atoms with van der Waals surface area (Å²) < 4.78 is 0. The molecule has 6 nitrogen and oxygen atoms in total. The summed E-state index contributed by atoms with van der Waals surface area (Å²) in [5.41, 5.74) is 2.05. The van der Waals surface area contributed by atoms with E-state index in [0.717, 1.165) is 35.5 Å². The predicted molar refractivity (Wildman–Crippen MR) is 130 cm³/mol. The molecule has 170 valence electrons. The molecule has 3 N–H and O–H groups in total. The van der Waals surface area contributed by atoms with Gasteiger partial charge in [-0.2, -0.15) is 0 Å². The molecular formula is C25H32N4O2S. The van der Waals surface area contributed by atoms with Gasteiger partial charge in [0.25, 0.3) is 0 Å². The number of hydrogen-bond donors (Lipinski definition) is 3. The molecule has 2 aromatic heterocycles. The van der Waals surface area contributed by atoms with Crippen LogP contribution < -0.4 is 10.6 Å². The van der Waals surface area contributed by atoms with E-state index < -0.39 is 6.04 Å². The van der Waals surface area contributed by atoms with E-state index in [1.165, 1.54) is 24.6 Å². The summed E-state index contributed by atoms with van der Waals surface area (Å²) in [5.74, 6) is 0.410. The van der Waals surface area contributed by atoms with E-state index in [1.807, 2.05) is 30.5 Å². The lowest BCUT2D eigenvalue weighted by atomic mass is 9.97. The van der Waals surface area contributed by atoms with Gasteiger partial charge in [0.05, 0.1) is 6.04 Å². The molecular weight excluding hydrogens is 420 g/mol. The van der Waals surface area contributed by atoms with Gasteiger partial charge >= 0.3 is 0 Å². The summed E-state index contributed by atoms with van der Waals surface area (Å²) >= 11 is 1.73. The maximum atomic E-state index is 13.2. The molecule has 0 aliphatic carbocycles.